The van der Waals surface area contributed by atoms with Gasteiger partial charge < -0.3 is 9.84 Å². The van der Waals surface area contributed by atoms with Crippen molar-refractivity contribution in [3.05, 3.63) is 46.4 Å². The van der Waals surface area contributed by atoms with Crippen LogP contribution in [0.15, 0.2) is 30.0 Å². The molecule has 0 bridgehead atoms. The molecule has 1 atom stereocenters. The van der Waals surface area contributed by atoms with Crippen LogP contribution < -0.4 is 0 Å². The van der Waals surface area contributed by atoms with Crippen LogP contribution in [0.4, 0.5) is 4.39 Å². The maximum Gasteiger partial charge on any atom is 0.130 e. The Bertz CT molecular complexity index is 417. The molecule has 0 saturated carbocycles. The van der Waals surface area contributed by atoms with E-state index in [-0.39, 0.29) is 5.56 Å². The molecule has 1 aromatic carbocycles. The average molecular weight is 243 g/mol. The van der Waals surface area contributed by atoms with E-state index in [9.17, 15) is 9.50 Å². The lowest BCUT2D eigenvalue weighted by molar-refractivity contribution is 0.167. The maximum absolute atomic E-state index is 13.5. The zero-order valence-electron chi connectivity index (χ0n) is 8.62. The maximum atomic E-state index is 13.5. The molecular formula is C12H12ClFO2. The summed E-state index contributed by atoms with van der Waals surface area (Å²) in [5, 5.41) is 10.3. The summed E-state index contributed by atoms with van der Waals surface area (Å²) in [6.45, 7) is 0.652. The molecule has 0 aromatic heterocycles. The average Bonchev–Trinajstić information content (AvgIpc) is 2.29. The van der Waals surface area contributed by atoms with Gasteiger partial charge in [-0.05, 0) is 30.5 Å². The number of rotatable bonds is 2. The van der Waals surface area contributed by atoms with Gasteiger partial charge in [-0.25, -0.2) is 4.39 Å². The molecule has 1 aliphatic rings. The Morgan fingerprint density at radius 2 is 2.25 bits per heavy atom. The van der Waals surface area contributed by atoms with E-state index in [0.717, 1.165) is 12.8 Å². The Morgan fingerprint density at radius 1 is 1.44 bits per heavy atom. The van der Waals surface area contributed by atoms with Crippen LogP contribution in [0.25, 0.3) is 0 Å². The zero-order valence-corrected chi connectivity index (χ0v) is 9.38. The van der Waals surface area contributed by atoms with Crippen molar-refractivity contribution in [3.63, 3.8) is 0 Å². The highest BCUT2D eigenvalue weighted by Gasteiger charge is 2.19. The Morgan fingerprint density at radius 3 is 2.88 bits per heavy atom. The summed E-state index contributed by atoms with van der Waals surface area (Å²) >= 11 is 5.65. The molecule has 1 aromatic rings. The van der Waals surface area contributed by atoms with Crippen LogP contribution in [0.1, 0.15) is 24.5 Å². The quantitative estimate of drug-likeness (QED) is 0.863. The summed E-state index contributed by atoms with van der Waals surface area (Å²) in [5.41, 5.74) is 0.939. The first-order valence-corrected chi connectivity index (χ1v) is 5.50. The SMILES string of the molecule is OC(C1=COCCC1)c1ccc(Cl)cc1F. The van der Waals surface area contributed by atoms with Gasteiger partial charge in [-0.1, -0.05) is 17.7 Å². The van der Waals surface area contributed by atoms with Crippen molar-refractivity contribution in [2.75, 3.05) is 6.61 Å². The van der Waals surface area contributed by atoms with Crippen molar-refractivity contribution in [2.45, 2.75) is 18.9 Å². The van der Waals surface area contributed by atoms with Gasteiger partial charge in [0.05, 0.1) is 12.9 Å². The number of halogens is 2. The monoisotopic (exact) mass is 242 g/mol. The van der Waals surface area contributed by atoms with Crippen LogP contribution in [0.3, 0.4) is 0 Å². The summed E-state index contributed by atoms with van der Waals surface area (Å²) in [4.78, 5) is 0. The van der Waals surface area contributed by atoms with Gasteiger partial charge in [-0.3, -0.25) is 0 Å². The van der Waals surface area contributed by atoms with E-state index in [1.54, 1.807) is 6.07 Å². The molecule has 1 N–H and O–H groups in total. The van der Waals surface area contributed by atoms with E-state index in [2.05, 4.69) is 0 Å². The number of aliphatic hydroxyl groups excluding tert-OH is 1. The van der Waals surface area contributed by atoms with E-state index in [4.69, 9.17) is 16.3 Å². The Balaban J connectivity index is 2.26. The topological polar surface area (TPSA) is 29.5 Å². The Kier molecular flexibility index (Phi) is 3.46. The molecule has 0 amide bonds. The summed E-state index contributed by atoms with van der Waals surface area (Å²) in [6.07, 6.45) is 2.14. The first-order valence-electron chi connectivity index (χ1n) is 5.12. The van der Waals surface area contributed by atoms with Gasteiger partial charge in [-0.2, -0.15) is 0 Å². The van der Waals surface area contributed by atoms with Gasteiger partial charge >= 0.3 is 0 Å². The molecule has 4 heteroatoms. The molecule has 0 spiro atoms. The van der Waals surface area contributed by atoms with Crippen molar-refractivity contribution >= 4 is 11.6 Å². The molecule has 86 valence electrons. The molecule has 0 radical (unpaired) electrons. The summed E-state index contributed by atoms with van der Waals surface area (Å²) < 4.78 is 18.7. The van der Waals surface area contributed by atoms with Crippen LogP contribution in [0, 0.1) is 5.82 Å². The fourth-order valence-corrected chi connectivity index (χ4v) is 1.87. The van der Waals surface area contributed by atoms with Crippen molar-refractivity contribution in [3.8, 4) is 0 Å². The third-order valence-electron chi connectivity index (χ3n) is 2.57. The third kappa shape index (κ3) is 2.36. The van der Waals surface area contributed by atoms with Crippen molar-refractivity contribution in [1.82, 2.24) is 0 Å². The van der Waals surface area contributed by atoms with Crippen LogP contribution >= 0.6 is 11.6 Å². The lowest BCUT2D eigenvalue weighted by Gasteiger charge is -2.19. The van der Waals surface area contributed by atoms with E-state index in [0.29, 0.717) is 17.2 Å². The highest BCUT2D eigenvalue weighted by Crippen LogP contribution is 2.30. The number of benzene rings is 1. The van der Waals surface area contributed by atoms with E-state index in [1.165, 1.54) is 18.4 Å². The number of aliphatic hydroxyl groups is 1. The minimum Gasteiger partial charge on any atom is -0.501 e. The minimum atomic E-state index is -0.947. The first kappa shape index (κ1) is 11.4. The van der Waals surface area contributed by atoms with Crippen molar-refractivity contribution < 1.29 is 14.2 Å². The van der Waals surface area contributed by atoms with Gasteiger partial charge in [0, 0.05) is 10.6 Å². The van der Waals surface area contributed by atoms with Gasteiger partial charge in [0.25, 0.3) is 0 Å². The molecule has 0 aliphatic carbocycles. The Labute approximate surface area is 98.3 Å². The molecule has 0 saturated heterocycles. The Hall–Kier alpha value is -1.06. The predicted octanol–water partition coefficient (Wildman–Crippen LogP) is 3.21. The zero-order chi connectivity index (χ0) is 11.5. The number of hydrogen-bond donors (Lipinski definition) is 1. The standard InChI is InChI=1S/C12H12ClFO2/c13-9-3-4-10(11(14)6-9)12(15)8-2-1-5-16-7-8/h3-4,6-7,12,15H,1-2,5H2. The fourth-order valence-electron chi connectivity index (χ4n) is 1.71. The lowest BCUT2D eigenvalue weighted by Crippen LogP contribution is -2.09. The second kappa shape index (κ2) is 4.85. The van der Waals surface area contributed by atoms with Crippen molar-refractivity contribution in [2.24, 2.45) is 0 Å². The second-order valence-electron chi connectivity index (χ2n) is 3.74. The van der Waals surface area contributed by atoms with Crippen LogP contribution in [-0.2, 0) is 4.74 Å². The molecule has 2 rings (SSSR count). The van der Waals surface area contributed by atoms with E-state index in [1.807, 2.05) is 0 Å². The van der Waals surface area contributed by atoms with Crippen LogP contribution in [0.5, 0.6) is 0 Å². The number of ether oxygens (including phenoxy) is 1. The molecule has 0 fully saturated rings. The largest absolute Gasteiger partial charge is 0.501 e. The summed E-state index contributed by atoms with van der Waals surface area (Å²) in [5.74, 6) is -0.494. The molecule has 1 unspecified atom stereocenters. The lowest BCUT2D eigenvalue weighted by atomic mass is 9.98. The van der Waals surface area contributed by atoms with E-state index >= 15 is 0 Å². The first-order chi connectivity index (χ1) is 7.68. The molecule has 16 heavy (non-hydrogen) atoms. The van der Waals surface area contributed by atoms with E-state index < -0.39 is 11.9 Å². The fraction of sp³-hybridized carbons (Fsp3) is 0.333. The third-order valence-corrected chi connectivity index (χ3v) is 2.81. The molecule has 1 aliphatic heterocycles. The van der Waals surface area contributed by atoms with Crippen LogP contribution in [0.2, 0.25) is 5.02 Å². The molecular weight excluding hydrogens is 231 g/mol. The second-order valence-corrected chi connectivity index (χ2v) is 4.17. The highest BCUT2D eigenvalue weighted by atomic mass is 35.5. The summed E-state index contributed by atoms with van der Waals surface area (Å²) in [7, 11) is 0. The highest BCUT2D eigenvalue weighted by molar-refractivity contribution is 6.30. The van der Waals surface area contributed by atoms with Crippen LogP contribution in [-0.4, -0.2) is 11.7 Å². The molecule has 1 heterocycles. The summed E-state index contributed by atoms with van der Waals surface area (Å²) in [6, 6.07) is 4.26. The van der Waals surface area contributed by atoms with Gasteiger partial charge in [0.15, 0.2) is 0 Å². The number of hydrogen-bond acceptors (Lipinski definition) is 2. The van der Waals surface area contributed by atoms with Gasteiger partial charge in [0.2, 0.25) is 0 Å². The normalized spacial score (nSPS) is 17.6. The van der Waals surface area contributed by atoms with Crippen molar-refractivity contribution in [1.29, 1.82) is 0 Å². The predicted molar refractivity (Wildman–Crippen MR) is 59.6 cm³/mol. The molecule has 2 nitrogen and oxygen atoms in total. The van der Waals surface area contributed by atoms with Gasteiger partial charge in [0.1, 0.15) is 11.9 Å². The van der Waals surface area contributed by atoms with Gasteiger partial charge in [-0.15, -0.1) is 0 Å². The minimum absolute atomic E-state index is 0.237. The smallest absolute Gasteiger partial charge is 0.130 e.